The van der Waals surface area contributed by atoms with E-state index in [0.717, 1.165) is 40.5 Å². The van der Waals surface area contributed by atoms with Crippen molar-refractivity contribution in [3.05, 3.63) is 89.2 Å². The minimum atomic E-state index is 0.0349. The largest absolute Gasteiger partial charge is 0.349 e. The summed E-state index contributed by atoms with van der Waals surface area (Å²) in [7, 11) is 0. The summed E-state index contributed by atoms with van der Waals surface area (Å²) in [6.45, 7) is 7.46. The summed E-state index contributed by atoms with van der Waals surface area (Å²) < 4.78 is 2.25. The molecule has 0 saturated heterocycles. The molecule has 1 aliphatic rings. The molecule has 5 nitrogen and oxygen atoms in total. The molecule has 5 rings (SSSR count). The molecule has 1 saturated carbocycles. The summed E-state index contributed by atoms with van der Waals surface area (Å²) in [6, 6.07) is 18.7. The number of thioether (sulfide) groups is 1. The summed E-state index contributed by atoms with van der Waals surface area (Å²) in [5.74, 6) is 2.00. The van der Waals surface area contributed by atoms with Gasteiger partial charge in [-0.2, -0.15) is 0 Å². The molecule has 2 heterocycles. The highest BCUT2D eigenvalue weighted by molar-refractivity contribution is 7.98. The van der Waals surface area contributed by atoms with Crippen molar-refractivity contribution in [2.75, 3.05) is 0 Å². The zero-order valence-corrected chi connectivity index (χ0v) is 22.1. The number of rotatable bonds is 7. The number of carbonyl (C=O) groups is 1. The maximum atomic E-state index is 12.9. The standard InChI is InChI=1S/C30H34N4OS/c1-20-8-6-10-26(22(20)3)32-29(35)24-13-11-23(12-14-24)19-36-30-33-27-15-16-31-17-28(27)34(30)18-25-9-5-4-7-21(25)2/h4-5,7,9,11-17,20,22,26H,6,8,10,18-19H2,1-3H3,(H,32,35)/t20-,22-,26-/m1/s1. The Balaban J connectivity index is 1.28. The highest BCUT2D eigenvalue weighted by Crippen LogP contribution is 2.30. The van der Waals surface area contributed by atoms with Crippen LogP contribution in [0.2, 0.25) is 0 Å². The Kier molecular flexibility index (Phi) is 7.42. The fraction of sp³-hybridized carbons (Fsp3) is 0.367. The van der Waals surface area contributed by atoms with Gasteiger partial charge in [-0.1, -0.05) is 74.8 Å². The van der Waals surface area contributed by atoms with Crippen LogP contribution in [0.4, 0.5) is 0 Å². The highest BCUT2D eigenvalue weighted by atomic mass is 32.2. The highest BCUT2D eigenvalue weighted by Gasteiger charge is 2.28. The van der Waals surface area contributed by atoms with Crippen molar-refractivity contribution in [3.63, 3.8) is 0 Å². The van der Waals surface area contributed by atoms with Crippen LogP contribution in [0, 0.1) is 18.8 Å². The number of carbonyl (C=O) groups excluding carboxylic acids is 1. The van der Waals surface area contributed by atoms with E-state index >= 15 is 0 Å². The number of nitrogens with one attached hydrogen (secondary N) is 1. The smallest absolute Gasteiger partial charge is 0.251 e. The lowest BCUT2D eigenvalue weighted by Gasteiger charge is -2.34. The van der Waals surface area contributed by atoms with E-state index in [0.29, 0.717) is 11.8 Å². The number of nitrogens with zero attached hydrogens (tertiary/aromatic N) is 3. The van der Waals surface area contributed by atoms with Gasteiger partial charge < -0.3 is 9.88 Å². The lowest BCUT2D eigenvalue weighted by atomic mass is 9.78. The number of benzene rings is 2. The molecule has 2 aromatic carbocycles. The van der Waals surface area contributed by atoms with E-state index in [1.54, 1.807) is 18.0 Å². The first-order valence-corrected chi connectivity index (χ1v) is 13.9. The Labute approximate surface area is 217 Å². The predicted molar refractivity (Wildman–Crippen MR) is 147 cm³/mol. The zero-order chi connectivity index (χ0) is 25.1. The van der Waals surface area contributed by atoms with E-state index < -0.39 is 0 Å². The third kappa shape index (κ3) is 5.34. The van der Waals surface area contributed by atoms with Crippen LogP contribution in [-0.2, 0) is 12.3 Å². The molecule has 0 spiro atoms. The van der Waals surface area contributed by atoms with E-state index in [-0.39, 0.29) is 11.9 Å². The molecule has 186 valence electrons. The van der Waals surface area contributed by atoms with E-state index in [2.05, 4.69) is 72.0 Å². The van der Waals surface area contributed by atoms with Crippen molar-refractivity contribution in [1.29, 1.82) is 0 Å². The summed E-state index contributed by atoms with van der Waals surface area (Å²) in [4.78, 5) is 22.1. The van der Waals surface area contributed by atoms with Crippen LogP contribution in [-0.4, -0.2) is 26.5 Å². The van der Waals surface area contributed by atoms with Gasteiger partial charge in [0.05, 0.1) is 23.8 Å². The van der Waals surface area contributed by atoms with Gasteiger partial charge in [-0.3, -0.25) is 9.78 Å². The molecule has 3 atom stereocenters. The third-order valence-electron chi connectivity index (χ3n) is 7.71. The molecule has 1 amide bonds. The average Bonchev–Trinajstić information content (AvgIpc) is 3.24. The van der Waals surface area contributed by atoms with Crippen molar-refractivity contribution >= 4 is 28.7 Å². The van der Waals surface area contributed by atoms with Crippen LogP contribution in [0.1, 0.15) is 60.2 Å². The van der Waals surface area contributed by atoms with Gasteiger partial charge in [0.1, 0.15) is 0 Å². The lowest BCUT2D eigenvalue weighted by Crippen LogP contribution is -2.43. The Morgan fingerprint density at radius 3 is 2.69 bits per heavy atom. The van der Waals surface area contributed by atoms with Gasteiger partial charge in [-0.15, -0.1) is 0 Å². The number of hydrogen-bond donors (Lipinski definition) is 1. The topological polar surface area (TPSA) is 59.8 Å². The molecule has 0 radical (unpaired) electrons. The van der Waals surface area contributed by atoms with Crippen LogP contribution in [0.3, 0.4) is 0 Å². The second-order valence-electron chi connectivity index (χ2n) is 10.1. The van der Waals surface area contributed by atoms with Crippen LogP contribution < -0.4 is 5.32 Å². The fourth-order valence-electron chi connectivity index (χ4n) is 5.11. The van der Waals surface area contributed by atoms with Crippen LogP contribution in [0.15, 0.2) is 72.1 Å². The van der Waals surface area contributed by atoms with Crippen LogP contribution in [0.25, 0.3) is 11.0 Å². The number of fused-ring (bicyclic) bond motifs is 1. The lowest BCUT2D eigenvalue weighted by molar-refractivity contribution is 0.0891. The summed E-state index contributed by atoms with van der Waals surface area (Å²) >= 11 is 1.72. The Morgan fingerprint density at radius 1 is 1.08 bits per heavy atom. The number of imidazole rings is 1. The van der Waals surface area contributed by atoms with Crippen molar-refractivity contribution in [2.24, 2.45) is 11.8 Å². The van der Waals surface area contributed by atoms with Crippen molar-refractivity contribution in [3.8, 4) is 0 Å². The second-order valence-corrected chi connectivity index (χ2v) is 11.0. The molecule has 0 unspecified atom stereocenters. The second kappa shape index (κ2) is 10.9. The van der Waals surface area contributed by atoms with Crippen molar-refractivity contribution in [2.45, 2.75) is 63.5 Å². The van der Waals surface area contributed by atoms with Gasteiger partial charge in [0.15, 0.2) is 5.16 Å². The summed E-state index contributed by atoms with van der Waals surface area (Å²) in [6.07, 6.45) is 7.21. The minimum absolute atomic E-state index is 0.0349. The third-order valence-corrected chi connectivity index (χ3v) is 8.76. The van der Waals surface area contributed by atoms with Gasteiger partial charge in [-0.05, 0) is 60.1 Å². The number of amides is 1. The Bertz CT molecular complexity index is 1350. The monoisotopic (exact) mass is 498 g/mol. The summed E-state index contributed by atoms with van der Waals surface area (Å²) in [5, 5.41) is 4.25. The van der Waals surface area contributed by atoms with Gasteiger partial charge in [-0.25, -0.2) is 4.98 Å². The molecule has 1 N–H and O–H groups in total. The Morgan fingerprint density at radius 2 is 1.89 bits per heavy atom. The molecular formula is C30H34N4OS. The molecule has 2 aromatic heterocycles. The number of hydrogen-bond acceptors (Lipinski definition) is 4. The van der Waals surface area contributed by atoms with Gasteiger partial charge in [0.25, 0.3) is 5.91 Å². The number of aryl methyl sites for hydroxylation is 1. The number of pyridine rings is 1. The normalized spacial score (nSPS) is 19.9. The molecule has 1 fully saturated rings. The van der Waals surface area contributed by atoms with E-state index in [9.17, 15) is 4.79 Å². The molecule has 0 aliphatic heterocycles. The quantitative estimate of drug-likeness (QED) is 0.290. The molecule has 1 aliphatic carbocycles. The number of aromatic nitrogens is 3. The summed E-state index contributed by atoms with van der Waals surface area (Å²) in [5.41, 5.74) is 6.45. The predicted octanol–water partition coefficient (Wildman–Crippen LogP) is 6.63. The van der Waals surface area contributed by atoms with Gasteiger partial charge >= 0.3 is 0 Å². The van der Waals surface area contributed by atoms with E-state index in [1.165, 1.54) is 29.5 Å². The van der Waals surface area contributed by atoms with Crippen molar-refractivity contribution < 1.29 is 4.79 Å². The van der Waals surface area contributed by atoms with E-state index in [1.807, 2.05) is 24.4 Å². The first kappa shape index (κ1) is 24.6. The SMILES string of the molecule is Cc1ccccc1Cn1c(SCc2ccc(C(=O)N[C@@H]3CCC[C@@H](C)[C@H]3C)cc2)nc2ccncc21. The fourth-order valence-corrected chi connectivity index (χ4v) is 6.08. The van der Waals surface area contributed by atoms with Gasteiger partial charge in [0, 0.05) is 23.6 Å². The zero-order valence-electron chi connectivity index (χ0n) is 21.3. The minimum Gasteiger partial charge on any atom is -0.349 e. The van der Waals surface area contributed by atoms with Crippen LogP contribution in [0.5, 0.6) is 0 Å². The van der Waals surface area contributed by atoms with Gasteiger partial charge in [0.2, 0.25) is 0 Å². The first-order chi connectivity index (χ1) is 17.5. The maximum absolute atomic E-state index is 12.9. The molecule has 6 heteroatoms. The van der Waals surface area contributed by atoms with E-state index in [4.69, 9.17) is 4.98 Å². The Hall–Kier alpha value is -3.12. The maximum Gasteiger partial charge on any atom is 0.251 e. The molecule has 36 heavy (non-hydrogen) atoms. The molecular weight excluding hydrogens is 464 g/mol. The molecule has 4 aromatic rings. The van der Waals surface area contributed by atoms with Crippen LogP contribution >= 0.6 is 11.8 Å². The average molecular weight is 499 g/mol. The first-order valence-electron chi connectivity index (χ1n) is 12.9. The molecule has 0 bridgehead atoms. The van der Waals surface area contributed by atoms with Crippen molar-refractivity contribution in [1.82, 2.24) is 19.9 Å².